The molecule has 0 aromatic carbocycles. The highest BCUT2D eigenvalue weighted by Gasteiger charge is 1.91. The average Bonchev–Trinajstić information content (AvgIpc) is 1.68. The fourth-order valence-corrected chi connectivity index (χ4v) is 0.199. The molecule has 0 radical (unpaired) electrons. The highest BCUT2D eigenvalue weighted by Crippen LogP contribution is 1.83. The highest BCUT2D eigenvalue weighted by molar-refractivity contribution is 4.46. The molecule has 0 aliphatic carbocycles. The maximum Gasteiger partial charge on any atom is 0.0310 e. The van der Waals surface area contributed by atoms with E-state index >= 15 is 0 Å². The van der Waals surface area contributed by atoms with E-state index in [9.17, 15) is 0 Å². The summed E-state index contributed by atoms with van der Waals surface area (Å²) in [4.78, 5) is 4.14. The number of rotatable bonds is 3. The van der Waals surface area contributed by atoms with Crippen molar-refractivity contribution in [1.82, 2.24) is 5.48 Å². The molecule has 1 atom stereocenters. The summed E-state index contributed by atoms with van der Waals surface area (Å²) in [6.07, 6.45) is 1.02. The van der Waals surface area contributed by atoms with Crippen molar-refractivity contribution in [1.29, 1.82) is 0 Å². The van der Waals surface area contributed by atoms with Crippen LogP contribution in [0.3, 0.4) is 0 Å². The van der Waals surface area contributed by atoms with Crippen LogP contribution in [0.1, 0.15) is 20.3 Å². The van der Waals surface area contributed by atoms with E-state index in [1.54, 1.807) is 0 Å². The van der Waals surface area contributed by atoms with Gasteiger partial charge in [-0.15, -0.1) is 0 Å². The fraction of sp³-hybridized carbons (Fsp3) is 1.00. The van der Waals surface area contributed by atoms with Gasteiger partial charge in [0.15, 0.2) is 0 Å². The Balaban J connectivity index is 2.83. The van der Waals surface area contributed by atoms with Gasteiger partial charge in [-0.1, -0.05) is 6.92 Å². The molecule has 3 nitrogen and oxygen atoms in total. The van der Waals surface area contributed by atoms with Crippen molar-refractivity contribution in [3.63, 3.8) is 0 Å². The second-order valence-electron chi connectivity index (χ2n) is 1.54. The minimum atomic E-state index is 0.352. The third-order valence-corrected chi connectivity index (χ3v) is 0.882. The van der Waals surface area contributed by atoms with Crippen LogP contribution in [0.4, 0.5) is 0 Å². The Kier molecular flexibility index (Phi) is 3.98. The summed E-state index contributed by atoms with van der Waals surface area (Å²) >= 11 is 0. The second kappa shape index (κ2) is 4.05. The Morgan fingerprint density at radius 2 is 2.43 bits per heavy atom. The van der Waals surface area contributed by atoms with Crippen LogP contribution in [0.15, 0.2) is 0 Å². The van der Waals surface area contributed by atoms with Crippen LogP contribution in [0.2, 0.25) is 0 Å². The predicted molar refractivity (Wildman–Crippen MR) is 28.2 cm³/mol. The third-order valence-electron chi connectivity index (χ3n) is 0.882. The molecule has 7 heavy (non-hydrogen) atoms. The van der Waals surface area contributed by atoms with E-state index < -0.39 is 0 Å². The number of hydrogen-bond donors (Lipinski definition) is 2. The molecular weight excluding hydrogens is 92.1 g/mol. The molecule has 0 amide bonds. The van der Waals surface area contributed by atoms with E-state index in [0.29, 0.717) is 6.04 Å². The SMILES string of the molecule is CCC(C)NON. The third kappa shape index (κ3) is 3.72. The summed E-state index contributed by atoms with van der Waals surface area (Å²) in [6.45, 7) is 4.05. The van der Waals surface area contributed by atoms with Gasteiger partial charge < -0.3 is 0 Å². The monoisotopic (exact) mass is 104 g/mol. The molecule has 0 spiro atoms. The fourth-order valence-electron chi connectivity index (χ4n) is 0.199. The van der Waals surface area contributed by atoms with Gasteiger partial charge >= 0.3 is 0 Å². The van der Waals surface area contributed by atoms with Crippen LogP contribution in [0, 0.1) is 0 Å². The van der Waals surface area contributed by atoms with Crippen molar-refractivity contribution in [2.24, 2.45) is 5.90 Å². The van der Waals surface area contributed by atoms with Gasteiger partial charge in [-0.05, 0) is 13.3 Å². The summed E-state index contributed by atoms with van der Waals surface area (Å²) in [7, 11) is 0. The molecule has 3 N–H and O–H groups in total. The Morgan fingerprint density at radius 3 is 2.57 bits per heavy atom. The van der Waals surface area contributed by atoms with E-state index in [1.165, 1.54) is 0 Å². The molecule has 0 bridgehead atoms. The molecule has 0 aliphatic heterocycles. The molecule has 0 fully saturated rings. The van der Waals surface area contributed by atoms with Crippen molar-refractivity contribution < 1.29 is 4.94 Å². The summed E-state index contributed by atoms with van der Waals surface area (Å²) in [5.74, 6) is 4.69. The minimum Gasteiger partial charge on any atom is -0.217 e. The molecule has 0 rings (SSSR count). The molecule has 3 heteroatoms. The summed E-state index contributed by atoms with van der Waals surface area (Å²) < 4.78 is 0. The van der Waals surface area contributed by atoms with E-state index in [1.807, 2.05) is 6.92 Å². The quantitative estimate of drug-likeness (QED) is 0.502. The number of hydrogen-bond acceptors (Lipinski definition) is 3. The minimum absolute atomic E-state index is 0.352. The lowest BCUT2D eigenvalue weighted by Crippen LogP contribution is -2.28. The largest absolute Gasteiger partial charge is 0.217 e. The molecule has 0 aromatic heterocycles. The zero-order chi connectivity index (χ0) is 5.70. The smallest absolute Gasteiger partial charge is 0.0310 e. The lowest BCUT2D eigenvalue weighted by Gasteiger charge is -2.05. The number of nitrogens with one attached hydrogen (secondary N) is 1. The number of nitrogens with two attached hydrogens (primary N) is 1. The first kappa shape index (κ1) is 6.88. The van der Waals surface area contributed by atoms with Crippen LogP contribution in [0.5, 0.6) is 0 Å². The molecule has 1 unspecified atom stereocenters. The second-order valence-corrected chi connectivity index (χ2v) is 1.54. The Hall–Kier alpha value is -0.120. The molecule has 0 saturated carbocycles. The maximum absolute atomic E-state index is 4.69. The van der Waals surface area contributed by atoms with Crippen molar-refractivity contribution in [2.45, 2.75) is 26.3 Å². The van der Waals surface area contributed by atoms with Crippen molar-refractivity contribution in [3.8, 4) is 0 Å². The molecule has 44 valence electrons. The maximum atomic E-state index is 4.69. The normalized spacial score (nSPS) is 14.1. The summed E-state index contributed by atoms with van der Waals surface area (Å²) in [5, 5.41) is 0. The van der Waals surface area contributed by atoms with Gasteiger partial charge in [-0.3, -0.25) is 0 Å². The lowest BCUT2D eigenvalue weighted by atomic mass is 10.3. The topological polar surface area (TPSA) is 47.3 Å². The van der Waals surface area contributed by atoms with Crippen LogP contribution < -0.4 is 11.4 Å². The first-order valence-corrected chi connectivity index (χ1v) is 2.42. The lowest BCUT2D eigenvalue weighted by molar-refractivity contribution is 0.0184. The zero-order valence-corrected chi connectivity index (χ0v) is 4.77. The van der Waals surface area contributed by atoms with Crippen LogP contribution in [0.25, 0.3) is 0 Å². The van der Waals surface area contributed by atoms with Crippen molar-refractivity contribution >= 4 is 0 Å². The summed E-state index contributed by atoms with van der Waals surface area (Å²) in [5.41, 5.74) is 2.57. The van der Waals surface area contributed by atoms with Crippen molar-refractivity contribution in [2.75, 3.05) is 0 Å². The first-order valence-electron chi connectivity index (χ1n) is 2.42. The van der Waals surface area contributed by atoms with Gasteiger partial charge in [0, 0.05) is 6.04 Å². The highest BCUT2D eigenvalue weighted by atomic mass is 16.8. The van der Waals surface area contributed by atoms with E-state index in [0.717, 1.165) is 6.42 Å². The van der Waals surface area contributed by atoms with Crippen LogP contribution in [-0.4, -0.2) is 6.04 Å². The van der Waals surface area contributed by atoms with Crippen LogP contribution >= 0.6 is 0 Å². The molecule has 0 heterocycles. The molecule has 0 aliphatic rings. The number of hydroxylamine groups is 1. The zero-order valence-electron chi connectivity index (χ0n) is 4.77. The van der Waals surface area contributed by atoms with Gasteiger partial charge in [0.25, 0.3) is 0 Å². The van der Waals surface area contributed by atoms with Crippen LogP contribution in [-0.2, 0) is 4.94 Å². The molecular formula is C4H12N2O. The Labute approximate surface area is 43.7 Å². The van der Waals surface area contributed by atoms with Gasteiger partial charge in [0.1, 0.15) is 0 Å². The van der Waals surface area contributed by atoms with E-state index in [2.05, 4.69) is 17.3 Å². The standard InChI is InChI=1S/C4H12N2O/c1-3-4(2)6-7-5/h4,6H,3,5H2,1-2H3. The van der Waals surface area contributed by atoms with E-state index in [4.69, 9.17) is 5.90 Å². The van der Waals surface area contributed by atoms with Gasteiger partial charge in [-0.25, -0.2) is 4.94 Å². The van der Waals surface area contributed by atoms with Crippen molar-refractivity contribution in [3.05, 3.63) is 0 Å². The van der Waals surface area contributed by atoms with Gasteiger partial charge in [0.05, 0.1) is 0 Å². The predicted octanol–water partition coefficient (Wildman–Crippen LogP) is 0.180. The summed E-state index contributed by atoms with van der Waals surface area (Å²) in [6, 6.07) is 0.352. The van der Waals surface area contributed by atoms with E-state index in [-0.39, 0.29) is 0 Å². The average molecular weight is 104 g/mol. The Morgan fingerprint density at radius 1 is 1.86 bits per heavy atom. The molecule has 0 saturated heterocycles. The molecule has 0 aromatic rings. The first-order chi connectivity index (χ1) is 3.31. The van der Waals surface area contributed by atoms with Gasteiger partial charge in [-0.2, -0.15) is 11.4 Å². The Bertz CT molecular complexity index is 40.7. The van der Waals surface area contributed by atoms with Gasteiger partial charge in [0.2, 0.25) is 0 Å².